The number of ether oxygens (including phenoxy) is 1. The van der Waals surface area contributed by atoms with E-state index in [0.717, 1.165) is 16.1 Å². The van der Waals surface area contributed by atoms with Crippen LogP contribution in [0.3, 0.4) is 0 Å². The van der Waals surface area contributed by atoms with Gasteiger partial charge in [0.2, 0.25) is 15.9 Å². The molecule has 0 heterocycles. The van der Waals surface area contributed by atoms with Gasteiger partial charge in [0.25, 0.3) is 0 Å². The topological polar surface area (TPSA) is 75.7 Å². The van der Waals surface area contributed by atoms with E-state index in [1.807, 2.05) is 37.3 Å². The molecule has 0 aromatic heterocycles. The molecule has 0 spiro atoms. The maximum absolute atomic E-state index is 12.5. The van der Waals surface area contributed by atoms with Gasteiger partial charge in [-0.05, 0) is 43.3 Å². The summed E-state index contributed by atoms with van der Waals surface area (Å²) < 4.78 is 31.8. The first-order chi connectivity index (χ1) is 13.8. The maximum Gasteiger partial charge on any atom is 0.245 e. The van der Waals surface area contributed by atoms with Crippen molar-refractivity contribution in [2.24, 2.45) is 0 Å². The Morgan fingerprint density at radius 1 is 0.931 bits per heavy atom. The van der Waals surface area contributed by atoms with Crippen LogP contribution < -0.4 is 14.4 Å². The third-order valence-electron chi connectivity index (χ3n) is 4.13. The van der Waals surface area contributed by atoms with Crippen LogP contribution in [-0.4, -0.2) is 27.1 Å². The Morgan fingerprint density at radius 3 is 2.21 bits per heavy atom. The number of sulfonamides is 1. The summed E-state index contributed by atoms with van der Waals surface area (Å²) in [6.45, 7) is 1.57. The molecule has 1 amide bonds. The summed E-state index contributed by atoms with van der Waals surface area (Å²) in [7, 11) is -3.73. The van der Waals surface area contributed by atoms with Crippen molar-refractivity contribution >= 4 is 27.3 Å². The Bertz CT molecular complexity index is 1080. The number of benzene rings is 3. The minimum atomic E-state index is -3.73. The van der Waals surface area contributed by atoms with Gasteiger partial charge in [0.05, 0.1) is 11.9 Å². The SMILES string of the molecule is Cc1ccc(NC(=O)CN(c2ccccc2Oc2ccccc2)S(C)(=O)=O)cc1. The minimum absolute atomic E-state index is 0.290. The number of carbonyl (C=O) groups excluding carboxylic acids is 1. The van der Waals surface area contributed by atoms with Gasteiger partial charge < -0.3 is 10.1 Å². The van der Waals surface area contributed by atoms with Gasteiger partial charge in [-0.15, -0.1) is 0 Å². The lowest BCUT2D eigenvalue weighted by Gasteiger charge is -2.24. The van der Waals surface area contributed by atoms with Gasteiger partial charge >= 0.3 is 0 Å². The molecule has 3 aromatic rings. The highest BCUT2D eigenvalue weighted by molar-refractivity contribution is 7.92. The highest BCUT2D eigenvalue weighted by Crippen LogP contribution is 2.33. The lowest BCUT2D eigenvalue weighted by Crippen LogP contribution is -2.37. The fourth-order valence-corrected chi connectivity index (χ4v) is 3.57. The molecule has 0 radical (unpaired) electrons. The van der Waals surface area contributed by atoms with Crippen molar-refractivity contribution in [1.82, 2.24) is 0 Å². The number of amides is 1. The van der Waals surface area contributed by atoms with Crippen molar-refractivity contribution < 1.29 is 17.9 Å². The monoisotopic (exact) mass is 410 g/mol. The predicted octanol–water partition coefficient (Wildman–Crippen LogP) is 4.19. The quantitative estimate of drug-likeness (QED) is 0.634. The Hall–Kier alpha value is -3.32. The number of carbonyl (C=O) groups is 1. The minimum Gasteiger partial charge on any atom is -0.455 e. The molecular weight excluding hydrogens is 388 g/mol. The molecule has 6 nitrogen and oxygen atoms in total. The van der Waals surface area contributed by atoms with E-state index < -0.39 is 15.9 Å². The molecule has 0 aliphatic carbocycles. The molecule has 0 fully saturated rings. The molecule has 0 atom stereocenters. The lowest BCUT2D eigenvalue weighted by atomic mass is 10.2. The van der Waals surface area contributed by atoms with E-state index in [9.17, 15) is 13.2 Å². The molecule has 3 rings (SSSR count). The first-order valence-corrected chi connectivity index (χ1v) is 10.8. The number of nitrogens with one attached hydrogen (secondary N) is 1. The van der Waals surface area contributed by atoms with Crippen molar-refractivity contribution in [1.29, 1.82) is 0 Å². The number of rotatable bonds is 7. The molecule has 0 bridgehead atoms. The van der Waals surface area contributed by atoms with Gasteiger partial charge in [0.1, 0.15) is 12.3 Å². The normalized spacial score (nSPS) is 11.0. The number of nitrogens with zero attached hydrogens (tertiary/aromatic N) is 1. The number of hydrogen-bond donors (Lipinski definition) is 1. The van der Waals surface area contributed by atoms with Gasteiger partial charge in [-0.3, -0.25) is 9.10 Å². The van der Waals surface area contributed by atoms with Crippen molar-refractivity contribution in [2.75, 3.05) is 22.4 Å². The van der Waals surface area contributed by atoms with Crippen molar-refractivity contribution in [3.63, 3.8) is 0 Å². The van der Waals surface area contributed by atoms with Crippen LogP contribution in [0, 0.1) is 6.92 Å². The van der Waals surface area contributed by atoms with Crippen LogP contribution in [0.15, 0.2) is 78.9 Å². The van der Waals surface area contributed by atoms with Crippen molar-refractivity contribution in [3.05, 3.63) is 84.4 Å². The molecule has 29 heavy (non-hydrogen) atoms. The highest BCUT2D eigenvalue weighted by atomic mass is 32.2. The molecular formula is C22H22N2O4S. The van der Waals surface area contributed by atoms with Gasteiger partial charge in [0, 0.05) is 5.69 Å². The van der Waals surface area contributed by atoms with E-state index in [4.69, 9.17) is 4.74 Å². The van der Waals surface area contributed by atoms with Crippen LogP contribution in [-0.2, 0) is 14.8 Å². The van der Waals surface area contributed by atoms with E-state index in [2.05, 4.69) is 5.32 Å². The Balaban J connectivity index is 1.86. The standard InChI is InChI=1S/C22H22N2O4S/c1-17-12-14-18(15-13-17)23-22(25)16-24(29(2,26)27)20-10-6-7-11-21(20)28-19-8-4-3-5-9-19/h3-15H,16H2,1-2H3,(H,23,25). The number of hydrogen-bond acceptors (Lipinski definition) is 4. The largest absolute Gasteiger partial charge is 0.455 e. The number of aryl methyl sites for hydroxylation is 1. The second kappa shape index (κ2) is 8.79. The average molecular weight is 410 g/mol. The van der Waals surface area contributed by atoms with Gasteiger partial charge in [-0.25, -0.2) is 8.42 Å². The maximum atomic E-state index is 12.5. The van der Waals surface area contributed by atoms with Crippen LogP contribution in [0.2, 0.25) is 0 Å². The molecule has 0 unspecified atom stereocenters. The molecule has 150 valence electrons. The Morgan fingerprint density at radius 2 is 1.55 bits per heavy atom. The average Bonchev–Trinajstić information content (AvgIpc) is 2.69. The molecule has 7 heteroatoms. The predicted molar refractivity (Wildman–Crippen MR) is 115 cm³/mol. The summed E-state index contributed by atoms with van der Waals surface area (Å²) in [6.07, 6.45) is 1.06. The third-order valence-corrected chi connectivity index (χ3v) is 5.25. The molecule has 3 aromatic carbocycles. The second-order valence-electron chi connectivity index (χ2n) is 6.57. The van der Waals surface area contributed by atoms with Gasteiger partial charge in [-0.1, -0.05) is 48.0 Å². The molecule has 0 aliphatic rings. The van der Waals surface area contributed by atoms with Crippen molar-refractivity contribution in [3.8, 4) is 11.5 Å². The summed E-state index contributed by atoms with van der Waals surface area (Å²) >= 11 is 0. The Kier molecular flexibility index (Phi) is 6.19. The smallest absolute Gasteiger partial charge is 0.245 e. The zero-order chi connectivity index (χ0) is 20.9. The Labute approximate surface area is 170 Å². The van der Waals surface area contributed by atoms with Crippen LogP contribution >= 0.6 is 0 Å². The fourth-order valence-electron chi connectivity index (χ4n) is 2.71. The zero-order valence-corrected chi connectivity index (χ0v) is 17.0. The second-order valence-corrected chi connectivity index (χ2v) is 8.47. The number of anilines is 2. The van der Waals surface area contributed by atoms with Gasteiger partial charge in [-0.2, -0.15) is 0 Å². The fraction of sp³-hybridized carbons (Fsp3) is 0.136. The van der Waals surface area contributed by atoms with Crippen LogP contribution in [0.25, 0.3) is 0 Å². The number of para-hydroxylation sites is 3. The summed E-state index contributed by atoms with van der Waals surface area (Å²) in [4.78, 5) is 12.5. The summed E-state index contributed by atoms with van der Waals surface area (Å²) in [5.74, 6) is 0.457. The van der Waals surface area contributed by atoms with Crippen LogP contribution in [0.5, 0.6) is 11.5 Å². The zero-order valence-electron chi connectivity index (χ0n) is 16.2. The molecule has 0 aliphatic heterocycles. The van der Waals surface area contributed by atoms with Gasteiger partial charge in [0.15, 0.2) is 5.75 Å². The van der Waals surface area contributed by atoms with Crippen LogP contribution in [0.4, 0.5) is 11.4 Å². The summed E-state index contributed by atoms with van der Waals surface area (Å²) in [5, 5.41) is 2.72. The first-order valence-electron chi connectivity index (χ1n) is 8.99. The van der Waals surface area contributed by atoms with E-state index in [1.54, 1.807) is 48.5 Å². The molecule has 0 saturated carbocycles. The molecule has 0 saturated heterocycles. The summed E-state index contributed by atoms with van der Waals surface area (Å²) in [5.41, 5.74) is 1.95. The van der Waals surface area contributed by atoms with E-state index in [0.29, 0.717) is 17.2 Å². The lowest BCUT2D eigenvalue weighted by molar-refractivity contribution is -0.114. The highest BCUT2D eigenvalue weighted by Gasteiger charge is 2.24. The summed E-state index contributed by atoms with van der Waals surface area (Å²) in [6, 6.07) is 23.0. The van der Waals surface area contributed by atoms with E-state index in [-0.39, 0.29) is 12.2 Å². The van der Waals surface area contributed by atoms with Crippen LogP contribution in [0.1, 0.15) is 5.56 Å². The molecule has 1 N–H and O–H groups in total. The van der Waals surface area contributed by atoms with E-state index in [1.165, 1.54) is 0 Å². The van der Waals surface area contributed by atoms with Crippen molar-refractivity contribution in [2.45, 2.75) is 6.92 Å². The third kappa shape index (κ3) is 5.58. The van der Waals surface area contributed by atoms with E-state index >= 15 is 0 Å². The first kappa shape index (κ1) is 20.4.